The second-order valence-electron chi connectivity index (χ2n) is 5.03. The zero-order valence-corrected chi connectivity index (χ0v) is 13.6. The first kappa shape index (κ1) is 16.1. The molecule has 6 heteroatoms. The van der Waals surface area contributed by atoms with Gasteiger partial charge < -0.3 is 19.9 Å². The minimum Gasteiger partial charge on any atom is -0.490 e. The number of methoxy groups -OCH3 is 1. The minimum absolute atomic E-state index is 0.0965. The summed E-state index contributed by atoms with van der Waals surface area (Å²) in [4.78, 5) is 11.1. The zero-order chi connectivity index (χ0) is 15.2. The van der Waals surface area contributed by atoms with Gasteiger partial charge >= 0.3 is 5.97 Å². The molecule has 116 valence electrons. The molecule has 0 aromatic heterocycles. The van der Waals surface area contributed by atoms with Gasteiger partial charge in [-0.2, -0.15) is 0 Å². The van der Waals surface area contributed by atoms with E-state index in [9.17, 15) is 4.79 Å². The van der Waals surface area contributed by atoms with Gasteiger partial charge in [-0.1, -0.05) is 0 Å². The van der Waals surface area contributed by atoms with Crippen LogP contribution in [0.4, 0.5) is 0 Å². The molecule has 0 aliphatic carbocycles. The van der Waals surface area contributed by atoms with Crippen LogP contribution in [-0.2, 0) is 16.0 Å². The molecule has 0 saturated carbocycles. The van der Waals surface area contributed by atoms with Crippen molar-refractivity contribution in [2.24, 2.45) is 5.73 Å². The summed E-state index contributed by atoms with van der Waals surface area (Å²) < 4.78 is 16.9. The summed E-state index contributed by atoms with van der Waals surface area (Å²) >= 11 is 3.51. The number of hydrogen-bond acceptors (Lipinski definition) is 5. The van der Waals surface area contributed by atoms with Crippen LogP contribution in [0.1, 0.15) is 24.8 Å². The molecule has 1 aliphatic rings. The summed E-state index contributed by atoms with van der Waals surface area (Å²) in [6, 6.07) is 3.86. The van der Waals surface area contributed by atoms with Crippen molar-refractivity contribution in [3.8, 4) is 11.5 Å². The molecule has 0 radical (unpaired) electrons. The van der Waals surface area contributed by atoms with E-state index in [1.807, 2.05) is 12.1 Å². The Morgan fingerprint density at radius 2 is 2.19 bits per heavy atom. The van der Waals surface area contributed by atoms with Gasteiger partial charge in [0.2, 0.25) is 0 Å². The van der Waals surface area contributed by atoms with E-state index in [-0.39, 0.29) is 12.0 Å². The highest BCUT2D eigenvalue weighted by Gasteiger charge is 2.16. The van der Waals surface area contributed by atoms with E-state index in [0.29, 0.717) is 32.5 Å². The Morgan fingerprint density at radius 3 is 2.95 bits per heavy atom. The van der Waals surface area contributed by atoms with Crippen LogP contribution in [0.15, 0.2) is 16.6 Å². The summed E-state index contributed by atoms with van der Waals surface area (Å²) in [5, 5.41) is 0. The Balaban J connectivity index is 2.02. The van der Waals surface area contributed by atoms with E-state index >= 15 is 0 Å². The SMILES string of the molecule is COC(=O)CCC(N)Cc1cc(Br)c2c(c1)OCCCO2. The number of carbonyl (C=O) groups excluding carboxylic acids is 1. The van der Waals surface area contributed by atoms with Crippen LogP contribution in [0.3, 0.4) is 0 Å². The number of hydrogen-bond donors (Lipinski definition) is 1. The molecule has 1 atom stereocenters. The van der Waals surface area contributed by atoms with Crippen molar-refractivity contribution < 1.29 is 19.0 Å². The quantitative estimate of drug-likeness (QED) is 0.819. The summed E-state index contributed by atoms with van der Waals surface area (Å²) in [6.45, 7) is 1.31. The second kappa shape index (κ2) is 7.66. The molecule has 2 N–H and O–H groups in total. The summed E-state index contributed by atoms with van der Waals surface area (Å²) in [5.41, 5.74) is 7.13. The first-order valence-electron chi connectivity index (χ1n) is 7.00. The van der Waals surface area contributed by atoms with Crippen LogP contribution in [0.25, 0.3) is 0 Å². The Morgan fingerprint density at radius 1 is 1.43 bits per heavy atom. The normalized spacial score (nSPS) is 15.2. The van der Waals surface area contributed by atoms with Crippen molar-refractivity contribution in [1.82, 2.24) is 0 Å². The van der Waals surface area contributed by atoms with E-state index in [1.54, 1.807) is 0 Å². The Hall–Kier alpha value is -1.27. The van der Waals surface area contributed by atoms with Crippen LogP contribution < -0.4 is 15.2 Å². The molecule has 1 unspecified atom stereocenters. The molecule has 1 aromatic rings. The molecule has 21 heavy (non-hydrogen) atoms. The van der Waals surface area contributed by atoms with E-state index in [1.165, 1.54) is 7.11 Å². The van der Waals surface area contributed by atoms with Crippen LogP contribution >= 0.6 is 15.9 Å². The molecule has 5 nitrogen and oxygen atoms in total. The smallest absolute Gasteiger partial charge is 0.305 e. The van der Waals surface area contributed by atoms with Crippen LogP contribution in [0.5, 0.6) is 11.5 Å². The topological polar surface area (TPSA) is 70.8 Å². The lowest BCUT2D eigenvalue weighted by molar-refractivity contribution is -0.140. The largest absolute Gasteiger partial charge is 0.490 e. The van der Waals surface area contributed by atoms with E-state index < -0.39 is 0 Å². The maximum atomic E-state index is 11.1. The standard InChI is InChI=1S/C15H20BrNO4/c1-19-14(18)4-3-11(17)7-10-8-12(16)15-13(9-10)20-5-2-6-21-15/h8-9,11H,2-7,17H2,1H3. The number of benzene rings is 1. The van der Waals surface area contributed by atoms with Crippen LogP contribution in [0.2, 0.25) is 0 Å². The first-order chi connectivity index (χ1) is 10.1. The zero-order valence-electron chi connectivity index (χ0n) is 12.1. The average Bonchev–Trinajstić information content (AvgIpc) is 2.70. The number of ether oxygens (including phenoxy) is 3. The molecular weight excluding hydrogens is 338 g/mol. The lowest BCUT2D eigenvalue weighted by atomic mass is 10.0. The van der Waals surface area contributed by atoms with Gasteiger partial charge in [-0.3, -0.25) is 4.79 Å². The van der Waals surface area contributed by atoms with E-state index in [2.05, 4.69) is 20.7 Å². The third kappa shape index (κ3) is 4.61. The molecule has 2 rings (SSSR count). The van der Waals surface area contributed by atoms with Gasteiger partial charge in [0, 0.05) is 18.9 Å². The van der Waals surface area contributed by atoms with Crippen molar-refractivity contribution in [2.45, 2.75) is 31.7 Å². The fourth-order valence-corrected chi connectivity index (χ4v) is 2.82. The Bertz CT molecular complexity index is 507. The average molecular weight is 358 g/mol. The van der Waals surface area contributed by atoms with Gasteiger partial charge in [-0.25, -0.2) is 0 Å². The van der Waals surface area contributed by atoms with Gasteiger partial charge in [0.05, 0.1) is 24.8 Å². The highest BCUT2D eigenvalue weighted by molar-refractivity contribution is 9.10. The molecule has 1 aliphatic heterocycles. The number of rotatable bonds is 5. The Labute approximate surface area is 132 Å². The highest BCUT2D eigenvalue weighted by atomic mass is 79.9. The number of halogens is 1. The maximum absolute atomic E-state index is 11.1. The van der Waals surface area contributed by atoms with Crippen molar-refractivity contribution in [3.63, 3.8) is 0 Å². The van der Waals surface area contributed by atoms with Gasteiger partial charge in [0.1, 0.15) is 0 Å². The predicted molar refractivity (Wildman–Crippen MR) is 82.7 cm³/mol. The van der Waals surface area contributed by atoms with E-state index in [4.69, 9.17) is 15.2 Å². The fourth-order valence-electron chi connectivity index (χ4n) is 2.21. The summed E-state index contributed by atoms with van der Waals surface area (Å²) in [5.74, 6) is 1.27. The van der Waals surface area contributed by atoms with Gasteiger partial charge in [-0.05, 0) is 46.5 Å². The number of carbonyl (C=O) groups is 1. The molecule has 0 spiro atoms. The molecular formula is C15H20BrNO4. The van der Waals surface area contributed by atoms with E-state index in [0.717, 1.165) is 28.0 Å². The lowest BCUT2D eigenvalue weighted by Gasteiger charge is -2.14. The fraction of sp³-hybridized carbons (Fsp3) is 0.533. The van der Waals surface area contributed by atoms with Crippen molar-refractivity contribution >= 4 is 21.9 Å². The van der Waals surface area contributed by atoms with Crippen LogP contribution in [0, 0.1) is 0 Å². The third-order valence-electron chi connectivity index (χ3n) is 3.31. The molecule has 1 heterocycles. The monoisotopic (exact) mass is 357 g/mol. The number of esters is 1. The molecule has 0 saturated heterocycles. The van der Waals surface area contributed by atoms with Gasteiger partial charge in [-0.15, -0.1) is 0 Å². The van der Waals surface area contributed by atoms with Crippen molar-refractivity contribution in [3.05, 3.63) is 22.2 Å². The number of fused-ring (bicyclic) bond motifs is 1. The van der Waals surface area contributed by atoms with Crippen molar-refractivity contribution in [1.29, 1.82) is 0 Å². The Kier molecular flexibility index (Phi) is 5.87. The number of nitrogens with two attached hydrogens (primary N) is 1. The summed E-state index contributed by atoms with van der Waals surface area (Å²) in [6.07, 6.45) is 2.48. The second-order valence-corrected chi connectivity index (χ2v) is 5.89. The lowest BCUT2D eigenvalue weighted by Crippen LogP contribution is -2.24. The third-order valence-corrected chi connectivity index (χ3v) is 3.90. The summed E-state index contributed by atoms with van der Waals surface area (Å²) in [7, 11) is 1.38. The highest BCUT2D eigenvalue weighted by Crippen LogP contribution is 2.38. The first-order valence-corrected chi connectivity index (χ1v) is 7.80. The van der Waals surface area contributed by atoms with Gasteiger partial charge in [0.25, 0.3) is 0 Å². The van der Waals surface area contributed by atoms with Crippen molar-refractivity contribution in [2.75, 3.05) is 20.3 Å². The molecule has 1 aromatic carbocycles. The van der Waals surface area contributed by atoms with Gasteiger partial charge in [0.15, 0.2) is 11.5 Å². The van der Waals surface area contributed by atoms with Crippen LogP contribution in [-0.4, -0.2) is 32.3 Å². The molecule has 0 fully saturated rings. The minimum atomic E-state index is -0.231. The maximum Gasteiger partial charge on any atom is 0.305 e. The predicted octanol–water partition coefficient (Wildman–Crippen LogP) is 2.43. The molecule has 0 amide bonds. The molecule has 0 bridgehead atoms.